The highest BCUT2D eigenvalue weighted by Gasteiger charge is 2.35. The fraction of sp³-hybridized carbons (Fsp3) is 0.500. The number of aldehydes is 1. The van der Waals surface area contributed by atoms with Gasteiger partial charge in [-0.2, -0.15) is 13.2 Å². The van der Waals surface area contributed by atoms with Gasteiger partial charge in [-0.25, -0.2) is 0 Å². The van der Waals surface area contributed by atoms with Gasteiger partial charge in [0.1, 0.15) is 6.29 Å². The lowest BCUT2D eigenvalue weighted by atomic mass is 10.1. The van der Waals surface area contributed by atoms with E-state index in [0.717, 1.165) is 6.07 Å². The molecule has 1 saturated heterocycles. The normalized spacial score (nSPS) is 17.0. The van der Waals surface area contributed by atoms with Gasteiger partial charge in [0.05, 0.1) is 12.2 Å². The van der Waals surface area contributed by atoms with Crippen LogP contribution in [0.1, 0.15) is 15.9 Å². The van der Waals surface area contributed by atoms with Crippen LogP contribution in [0.5, 0.6) is 0 Å². The molecule has 0 spiro atoms. The van der Waals surface area contributed by atoms with E-state index in [4.69, 9.17) is 5.11 Å². The molecule has 1 aromatic carbocycles. The lowest BCUT2D eigenvalue weighted by molar-refractivity contribution is -0.137. The first kappa shape index (κ1) is 15.8. The molecule has 1 N–H and O–H groups in total. The Hall–Kier alpha value is -1.60. The number of aliphatic hydroxyl groups is 1. The molecule has 116 valence electrons. The van der Waals surface area contributed by atoms with Gasteiger partial charge in [-0.15, -0.1) is 0 Å². The van der Waals surface area contributed by atoms with Gasteiger partial charge in [0.25, 0.3) is 0 Å². The number of anilines is 1. The summed E-state index contributed by atoms with van der Waals surface area (Å²) in [6.07, 6.45) is -4.07. The van der Waals surface area contributed by atoms with Crippen LogP contribution >= 0.6 is 0 Å². The van der Waals surface area contributed by atoms with Crippen molar-refractivity contribution in [3.8, 4) is 0 Å². The molecule has 1 heterocycles. The zero-order valence-corrected chi connectivity index (χ0v) is 11.4. The van der Waals surface area contributed by atoms with Gasteiger partial charge in [-0.1, -0.05) is 0 Å². The van der Waals surface area contributed by atoms with Crippen molar-refractivity contribution >= 4 is 12.0 Å². The molecule has 0 saturated carbocycles. The number of nitrogens with zero attached hydrogens (tertiary/aromatic N) is 2. The molecule has 1 aliphatic heterocycles. The molecule has 0 aliphatic carbocycles. The SMILES string of the molecule is O=Cc1ccc(N2CCN(CCO)CC2)c(C(F)(F)F)c1. The van der Waals surface area contributed by atoms with E-state index in [1.165, 1.54) is 12.1 Å². The minimum atomic E-state index is -4.49. The average Bonchev–Trinajstić information content (AvgIpc) is 2.47. The predicted molar refractivity (Wildman–Crippen MR) is 72.6 cm³/mol. The van der Waals surface area contributed by atoms with Gasteiger partial charge in [0.2, 0.25) is 0 Å². The predicted octanol–water partition coefficient (Wildman–Crippen LogP) is 1.63. The summed E-state index contributed by atoms with van der Waals surface area (Å²) in [5.74, 6) is 0. The average molecular weight is 302 g/mol. The maximum atomic E-state index is 13.1. The fourth-order valence-electron chi connectivity index (χ4n) is 2.48. The van der Waals surface area contributed by atoms with E-state index >= 15 is 0 Å². The van der Waals surface area contributed by atoms with E-state index in [0.29, 0.717) is 39.0 Å². The summed E-state index contributed by atoms with van der Waals surface area (Å²) < 4.78 is 39.4. The molecule has 1 aliphatic rings. The van der Waals surface area contributed by atoms with Crippen LogP contribution in [0.25, 0.3) is 0 Å². The molecule has 0 amide bonds. The minimum absolute atomic E-state index is 0.0185. The van der Waals surface area contributed by atoms with E-state index in [-0.39, 0.29) is 17.9 Å². The molecular formula is C14H17F3N2O2. The molecular weight excluding hydrogens is 285 g/mol. The van der Waals surface area contributed by atoms with Gasteiger partial charge in [0.15, 0.2) is 0 Å². The second-order valence-electron chi connectivity index (χ2n) is 4.94. The quantitative estimate of drug-likeness (QED) is 0.859. The van der Waals surface area contributed by atoms with E-state index in [9.17, 15) is 18.0 Å². The third kappa shape index (κ3) is 3.74. The van der Waals surface area contributed by atoms with Gasteiger partial charge >= 0.3 is 6.18 Å². The number of alkyl halides is 3. The first-order chi connectivity index (χ1) is 9.95. The zero-order valence-electron chi connectivity index (χ0n) is 11.4. The summed E-state index contributed by atoms with van der Waals surface area (Å²) in [6, 6.07) is 3.65. The van der Waals surface area contributed by atoms with E-state index in [1.807, 2.05) is 4.90 Å². The summed E-state index contributed by atoms with van der Waals surface area (Å²) >= 11 is 0. The van der Waals surface area contributed by atoms with Crippen molar-refractivity contribution < 1.29 is 23.1 Å². The first-order valence-electron chi connectivity index (χ1n) is 6.70. The second kappa shape index (κ2) is 6.44. The Balaban J connectivity index is 2.22. The molecule has 0 atom stereocenters. The maximum absolute atomic E-state index is 13.1. The summed E-state index contributed by atoms with van der Waals surface area (Å²) in [4.78, 5) is 14.4. The molecule has 0 radical (unpaired) electrons. The van der Waals surface area contributed by atoms with Crippen molar-refractivity contribution in [2.24, 2.45) is 0 Å². The molecule has 1 fully saturated rings. The van der Waals surface area contributed by atoms with Crippen molar-refractivity contribution in [1.29, 1.82) is 0 Å². The third-order valence-electron chi connectivity index (χ3n) is 3.59. The van der Waals surface area contributed by atoms with Crippen LogP contribution < -0.4 is 4.90 Å². The Labute approximate surface area is 120 Å². The Morgan fingerprint density at radius 3 is 2.38 bits per heavy atom. The fourth-order valence-corrected chi connectivity index (χ4v) is 2.48. The van der Waals surface area contributed by atoms with Gasteiger partial charge in [-0.3, -0.25) is 9.69 Å². The van der Waals surface area contributed by atoms with E-state index < -0.39 is 11.7 Å². The van der Waals surface area contributed by atoms with Gasteiger partial charge < -0.3 is 10.0 Å². The van der Waals surface area contributed by atoms with Crippen molar-refractivity contribution in [3.05, 3.63) is 29.3 Å². The lowest BCUT2D eigenvalue weighted by Crippen LogP contribution is -2.47. The van der Waals surface area contributed by atoms with Crippen LogP contribution in [0.3, 0.4) is 0 Å². The second-order valence-corrected chi connectivity index (χ2v) is 4.94. The number of piperazine rings is 1. The Bertz CT molecular complexity index is 497. The minimum Gasteiger partial charge on any atom is -0.395 e. The van der Waals surface area contributed by atoms with Crippen LogP contribution in [-0.4, -0.2) is 55.6 Å². The molecule has 21 heavy (non-hydrogen) atoms. The number of aliphatic hydroxyl groups excluding tert-OH is 1. The molecule has 2 rings (SSSR count). The van der Waals surface area contributed by atoms with Crippen molar-refractivity contribution in [1.82, 2.24) is 4.90 Å². The summed E-state index contributed by atoms with van der Waals surface area (Å²) in [5, 5.41) is 8.87. The number of β-amino-alcohol motifs (C(OH)–C–C–N with tert-alkyl or cyclic N) is 1. The number of hydrogen-bond acceptors (Lipinski definition) is 4. The molecule has 7 heteroatoms. The monoisotopic (exact) mass is 302 g/mol. The summed E-state index contributed by atoms with van der Waals surface area (Å²) in [5.41, 5.74) is -0.649. The van der Waals surface area contributed by atoms with E-state index in [1.54, 1.807) is 4.90 Å². The zero-order chi connectivity index (χ0) is 15.5. The lowest BCUT2D eigenvalue weighted by Gasteiger charge is -2.37. The molecule has 0 aromatic heterocycles. The number of carbonyl (C=O) groups is 1. The molecule has 0 bridgehead atoms. The van der Waals surface area contributed by atoms with Gasteiger partial charge in [-0.05, 0) is 18.2 Å². The Morgan fingerprint density at radius 1 is 1.19 bits per heavy atom. The Morgan fingerprint density at radius 2 is 1.86 bits per heavy atom. The Kier molecular flexibility index (Phi) is 4.84. The molecule has 4 nitrogen and oxygen atoms in total. The number of rotatable bonds is 4. The van der Waals surface area contributed by atoms with E-state index in [2.05, 4.69) is 0 Å². The third-order valence-corrected chi connectivity index (χ3v) is 3.59. The molecule has 0 unspecified atom stereocenters. The standard InChI is InChI=1S/C14H17F3N2O2/c15-14(16,17)12-9-11(10-21)1-2-13(12)19-5-3-18(4-6-19)7-8-20/h1-2,9-10,20H,3-8H2. The number of hydrogen-bond donors (Lipinski definition) is 1. The number of halogens is 3. The van der Waals surface area contributed by atoms with Crippen LogP contribution in [-0.2, 0) is 6.18 Å². The highest BCUT2D eigenvalue weighted by Crippen LogP contribution is 2.37. The van der Waals surface area contributed by atoms with Crippen LogP contribution in [0, 0.1) is 0 Å². The largest absolute Gasteiger partial charge is 0.418 e. The maximum Gasteiger partial charge on any atom is 0.418 e. The smallest absolute Gasteiger partial charge is 0.395 e. The van der Waals surface area contributed by atoms with Crippen molar-refractivity contribution in [2.45, 2.75) is 6.18 Å². The number of benzene rings is 1. The van der Waals surface area contributed by atoms with Crippen LogP contribution in [0.15, 0.2) is 18.2 Å². The van der Waals surface area contributed by atoms with Crippen LogP contribution in [0.2, 0.25) is 0 Å². The van der Waals surface area contributed by atoms with Crippen molar-refractivity contribution in [3.63, 3.8) is 0 Å². The first-order valence-corrected chi connectivity index (χ1v) is 6.70. The highest BCUT2D eigenvalue weighted by molar-refractivity contribution is 5.77. The van der Waals surface area contributed by atoms with Crippen molar-refractivity contribution in [2.75, 3.05) is 44.2 Å². The van der Waals surface area contributed by atoms with Gasteiger partial charge in [0, 0.05) is 44.0 Å². The molecule has 1 aromatic rings. The topological polar surface area (TPSA) is 43.8 Å². The van der Waals surface area contributed by atoms with Crippen LogP contribution in [0.4, 0.5) is 18.9 Å². The highest BCUT2D eigenvalue weighted by atomic mass is 19.4. The summed E-state index contributed by atoms with van der Waals surface area (Å²) in [7, 11) is 0. The number of carbonyl (C=O) groups excluding carboxylic acids is 1. The summed E-state index contributed by atoms with van der Waals surface area (Å²) in [6.45, 7) is 2.71.